The first-order valence-corrected chi connectivity index (χ1v) is 6.68. The van der Waals surface area contributed by atoms with Gasteiger partial charge in [0.15, 0.2) is 0 Å². The van der Waals surface area contributed by atoms with E-state index >= 15 is 0 Å². The molecule has 0 radical (unpaired) electrons. The zero-order chi connectivity index (χ0) is 14.7. The van der Waals surface area contributed by atoms with Crippen LogP contribution in [-0.2, 0) is 6.61 Å². The molecule has 0 aliphatic rings. The Labute approximate surface area is 124 Å². The maximum absolute atomic E-state index is 10.7. The van der Waals surface area contributed by atoms with Crippen molar-refractivity contribution in [2.24, 2.45) is 0 Å². The molecular weight excluding hydrogens is 324 g/mol. The number of rotatable bonds is 4. The molecule has 0 unspecified atom stereocenters. The number of non-ortho nitro benzene ring substituents is 1. The van der Waals surface area contributed by atoms with Gasteiger partial charge in [-0.15, -0.1) is 0 Å². The van der Waals surface area contributed by atoms with Gasteiger partial charge < -0.3 is 10.5 Å². The fraction of sp³-hybridized carbons (Fsp3) is 0.143. The second kappa shape index (κ2) is 5.92. The summed E-state index contributed by atoms with van der Waals surface area (Å²) in [6.45, 7) is 2.16. The summed E-state index contributed by atoms with van der Waals surface area (Å²) in [6.07, 6.45) is 0. The average Bonchev–Trinajstić information content (AvgIpc) is 2.39. The monoisotopic (exact) mass is 336 g/mol. The quantitative estimate of drug-likeness (QED) is 0.522. The van der Waals surface area contributed by atoms with Gasteiger partial charge in [0, 0.05) is 23.4 Å². The fourth-order valence-electron chi connectivity index (χ4n) is 1.71. The van der Waals surface area contributed by atoms with Crippen molar-refractivity contribution in [1.29, 1.82) is 0 Å². The Kier molecular flexibility index (Phi) is 4.24. The highest BCUT2D eigenvalue weighted by molar-refractivity contribution is 9.10. The Morgan fingerprint density at radius 1 is 1.30 bits per heavy atom. The van der Waals surface area contributed by atoms with Crippen LogP contribution in [-0.4, -0.2) is 4.92 Å². The predicted octanol–water partition coefficient (Wildman–Crippen LogP) is 3.83. The Morgan fingerprint density at radius 3 is 2.70 bits per heavy atom. The second-order valence-corrected chi connectivity index (χ2v) is 5.22. The highest BCUT2D eigenvalue weighted by Crippen LogP contribution is 2.28. The van der Waals surface area contributed by atoms with Crippen LogP contribution in [0.25, 0.3) is 0 Å². The van der Waals surface area contributed by atoms with E-state index in [1.54, 1.807) is 0 Å². The number of hydrogen-bond acceptors (Lipinski definition) is 4. The molecule has 2 aromatic rings. The highest BCUT2D eigenvalue weighted by atomic mass is 79.9. The summed E-state index contributed by atoms with van der Waals surface area (Å²) >= 11 is 3.41. The van der Waals surface area contributed by atoms with Crippen molar-refractivity contribution in [3.8, 4) is 5.75 Å². The molecule has 6 heteroatoms. The Balaban J connectivity index is 2.18. The minimum atomic E-state index is -0.454. The number of anilines is 1. The second-order valence-electron chi connectivity index (χ2n) is 4.36. The number of nitrogen functional groups attached to an aromatic ring is 1. The normalized spacial score (nSPS) is 10.3. The van der Waals surface area contributed by atoms with Crippen LogP contribution in [0.2, 0.25) is 0 Å². The lowest BCUT2D eigenvalue weighted by atomic mass is 10.1. The number of nitrogens with two attached hydrogens (primary N) is 1. The lowest BCUT2D eigenvalue weighted by molar-refractivity contribution is -0.384. The molecule has 0 heterocycles. The van der Waals surface area contributed by atoms with Crippen LogP contribution < -0.4 is 10.5 Å². The molecule has 0 aliphatic heterocycles. The number of aryl methyl sites for hydroxylation is 1. The molecule has 2 rings (SSSR count). The maximum Gasteiger partial charge on any atom is 0.269 e. The van der Waals surface area contributed by atoms with Crippen LogP contribution >= 0.6 is 15.9 Å². The fourth-order valence-corrected chi connectivity index (χ4v) is 2.32. The lowest BCUT2D eigenvalue weighted by Crippen LogP contribution is -2.02. The van der Waals surface area contributed by atoms with E-state index in [4.69, 9.17) is 10.5 Å². The number of benzene rings is 2. The van der Waals surface area contributed by atoms with Crippen molar-refractivity contribution in [2.75, 3.05) is 5.73 Å². The molecule has 0 amide bonds. The van der Waals surface area contributed by atoms with E-state index in [1.807, 2.05) is 25.1 Å². The molecule has 0 spiro atoms. The third-order valence-corrected chi connectivity index (χ3v) is 3.43. The van der Waals surface area contributed by atoms with Crippen molar-refractivity contribution in [3.05, 3.63) is 62.1 Å². The molecule has 2 N–H and O–H groups in total. The SMILES string of the molecule is Cc1ccc(OCc2cc([N+](=O)[O-])ccc2N)c(Br)c1. The van der Waals surface area contributed by atoms with Crippen molar-refractivity contribution in [2.45, 2.75) is 13.5 Å². The summed E-state index contributed by atoms with van der Waals surface area (Å²) in [6, 6.07) is 10.0. The summed E-state index contributed by atoms with van der Waals surface area (Å²) < 4.78 is 6.48. The number of halogens is 1. The minimum absolute atomic E-state index is 0.000715. The van der Waals surface area contributed by atoms with Crippen molar-refractivity contribution in [3.63, 3.8) is 0 Å². The molecule has 104 valence electrons. The van der Waals surface area contributed by atoms with Gasteiger partial charge in [0.1, 0.15) is 12.4 Å². The molecule has 20 heavy (non-hydrogen) atoms. The van der Waals surface area contributed by atoms with Gasteiger partial charge in [0.05, 0.1) is 9.40 Å². The molecule has 0 saturated carbocycles. The first-order valence-electron chi connectivity index (χ1n) is 5.89. The molecule has 0 bridgehead atoms. The highest BCUT2D eigenvalue weighted by Gasteiger charge is 2.10. The van der Waals surface area contributed by atoms with Gasteiger partial charge in [0.2, 0.25) is 0 Å². The minimum Gasteiger partial charge on any atom is -0.488 e. The molecule has 0 aromatic heterocycles. The van der Waals surface area contributed by atoms with Gasteiger partial charge in [-0.25, -0.2) is 0 Å². The van der Waals surface area contributed by atoms with Gasteiger partial charge in [-0.3, -0.25) is 10.1 Å². The molecule has 5 nitrogen and oxygen atoms in total. The van der Waals surface area contributed by atoms with Gasteiger partial charge in [0.25, 0.3) is 5.69 Å². The number of ether oxygens (including phenoxy) is 1. The summed E-state index contributed by atoms with van der Waals surface area (Å²) in [5.74, 6) is 0.668. The van der Waals surface area contributed by atoms with Crippen LogP contribution in [0.4, 0.5) is 11.4 Å². The van der Waals surface area contributed by atoms with Gasteiger partial charge in [-0.1, -0.05) is 6.07 Å². The number of nitro benzene ring substituents is 1. The Bertz CT molecular complexity index is 659. The van der Waals surface area contributed by atoms with Crippen molar-refractivity contribution >= 4 is 27.3 Å². The van der Waals surface area contributed by atoms with E-state index in [0.29, 0.717) is 17.0 Å². The van der Waals surface area contributed by atoms with Crippen LogP contribution in [0.1, 0.15) is 11.1 Å². The predicted molar refractivity (Wildman–Crippen MR) is 80.7 cm³/mol. The van der Waals surface area contributed by atoms with Crippen LogP contribution in [0.15, 0.2) is 40.9 Å². The van der Waals surface area contributed by atoms with Gasteiger partial charge in [-0.05, 0) is 46.6 Å². The van der Waals surface area contributed by atoms with Crippen LogP contribution in [0.5, 0.6) is 5.75 Å². The standard InChI is InChI=1S/C14H13BrN2O3/c1-9-2-5-14(12(15)6-9)20-8-10-7-11(17(18)19)3-4-13(10)16/h2-7H,8,16H2,1H3. The zero-order valence-corrected chi connectivity index (χ0v) is 12.4. The molecule has 0 atom stereocenters. The number of nitro groups is 1. The number of nitrogens with zero attached hydrogens (tertiary/aromatic N) is 1. The largest absolute Gasteiger partial charge is 0.488 e. The van der Waals surface area contributed by atoms with E-state index in [-0.39, 0.29) is 12.3 Å². The van der Waals surface area contributed by atoms with E-state index < -0.39 is 4.92 Å². The number of hydrogen-bond donors (Lipinski definition) is 1. The third kappa shape index (κ3) is 3.27. The van der Waals surface area contributed by atoms with Crippen molar-refractivity contribution in [1.82, 2.24) is 0 Å². The smallest absolute Gasteiger partial charge is 0.269 e. The molecule has 0 fully saturated rings. The first-order chi connectivity index (χ1) is 9.47. The van der Waals surface area contributed by atoms with E-state index in [0.717, 1.165) is 10.0 Å². The van der Waals surface area contributed by atoms with Gasteiger partial charge in [-0.2, -0.15) is 0 Å². The summed E-state index contributed by atoms with van der Waals surface area (Å²) in [5, 5.41) is 10.7. The molecular formula is C14H13BrN2O3. The summed E-state index contributed by atoms with van der Waals surface area (Å²) in [5.41, 5.74) is 7.97. The Hall–Kier alpha value is -2.08. The van der Waals surface area contributed by atoms with E-state index in [1.165, 1.54) is 18.2 Å². The van der Waals surface area contributed by atoms with E-state index in [2.05, 4.69) is 15.9 Å². The lowest BCUT2D eigenvalue weighted by Gasteiger charge is -2.10. The van der Waals surface area contributed by atoms with E-state index in [9.17, 15) is 10.1 Å². The van der Waals surface area contributed by atoms with Crippen molar-refractivity contribution < 1.29 is 9.66 Å². The Morgan fingerprint density at radius 2 is 2.05 bits per heavy atom. The maximum atomic E-state index is 10.7. The molecule has 0 aliphatic carbocycles. The molecule has 2 aromatic carbocycles. The summed E-state index contributed by atoms with van der Waals surface area (Å²) in [7, 11) is 0. The first kappa shape index (κ1) is 14.3. The van der Waals surface area contributed by atoms with Gasteiger partial charge >= 0.3 is 0 Å². The molecule has 0 saturated heterocycles. The average molecular weight is 337 g/mol. The van der Waals surface area contributed by atoms with Crippen LogP contribution in [0.3, 0.4) is 0 Å². The summed E-state index contributed by atoms with van der Waals surface area (Å²) in [4.78, 5) is 10.3. The third-order valence-electron chi connectivity index (χ3n) is 2.81. The zero-order valence-electron chi connectivity index (χ0n) is 10.8. The van der Waals surface area contributed by atoms with Crippen LogP contribution in [0, 0.1) is 17.0 Å². The topological polar surface area (TPSA) is 78.4 Å².